The van der Waals surface area contributed by atoms with Crippen LogP contribution in [-0.4, -0.2) is 40.2 Å². The molecule has 0 saturated carbocycles. The van der Waals surface area contributed by atoms with Crippen molar-refractivity contribution in [2.45, 2.75) is 36.8 Å². The van der Waals surface area contributed by atoms with Crippen LogP contribution in [0.1, 0.15) is 37.7 Å². The Hall–Kier alpha value is -1.60. The number of carboxylic acid groups (broad SMARTS) is 1. The number of ether oxygens (including phenoxy) is 1. The summed E-state index contributed by atoms with van der Waals surface area (Å²) in [5.41, 5.74) is 0.952. The molecule has 2 rings (SSSR count). The Morgan fingerprint density at radius 1 is 1.28 bits per heavy atom. The normalized spacial score (nSPS) is 18.8. The Kier molecular flexibility index (Phi) is 7.71. The van der Waals surface area contributed by atoms with Crippen molar-refractivity contribution in [1.29, 1.82) is 0 Å². The molecule has 136 valence electrons. The number of hydrogen-bond acceptors (Lipinski definition) is 5. The number of aliphatic carboxylic acids is 1. The van der Waals surface area contributed by atoms with Crippen LogP contribution in [0, 0.1) is 0 Å². The summed E-state index contributed by atoms with van der Waals surface area (Å²) in [6.07, 6.45) is 5.42. The van der Waals surface area contributed by atoms with Gasteiger partial charge in [0.25, 0.3) is 5.91 Å². The number of thiol groups is 1. The van der Waals surface area contributed by atoms with Crippen molar-refractivity contribution in [3.8, 4) is 5.75 Å². The minimum atomic E-state index is -0.755. The lowest BCUT2D eigenvalue weighted by atomic mass is 10.1. The highest BCUT2D eigenvalue weighted by molar-refractivity contribution is 8.14. The lowest BCUT2D eigenvalue weighted by molar-refractivity contribution is -0.137. The maximum absolute atomic E-state index is 12.5. The van der Waals surface area contributed by atoms with Gasteiger partial charge in [-0.05, 0) is 36.6 Å². The van der Waals surface area contributed by atoms with Crippen LogP contribution in [0.5, 0.6) is 5.75 Å². The first kappa shape index (κ1) is 19.7. The Bertz CT molecular complexity index is 630. The number of carboxylic acids is 1. The van der Waals surface area contributed by atoms with Crippen LogP contribution in [0.3, 0.4) is 0 Å². The molecule has 1 saturated heterocycles. The van der Waals surface area contributed by atoms with Crippen LogP contribution in [0.4, 0.5) is 0 Å². The standard InChI is InChI=1S/C18H23NO4S2/c1-23-14-9-7-13(8-10-14)12-15-17(22)19(18(24)25-15)11-5-3-2-4-6-16(20)21/h7-10,12,18,24H,2-6,11H2,1H3,(H,20,21)/b15-12-. The molecule has 1 aromatic carbocycles. The molecule has 0 bridgehead atoms. The van der Waals surface area contributed by atoms with Crippen molar-refractivity contribution >= 4 is 42.3 Å². The van der Waals surface area contributed by atoms with Crippen molar-refractivity contribution in [2.24, 2.45) is 0 Å². The molecule has 5 nitrogen and oxygen atoms in total. The van der Waals surface area contributed by atoms with Crippen molar-refractivity contribution in [3.63, 3.8) is 0 Å². The number of benzene rings is 1. The van der Waals surface area contributed by atoms with Crippen molar-refractivity contribution in [1.82, 2.24) is 4.90 Å². The van der Waals surface area contributed by atoms with Gasteiger partial charge in [-0.3, -0.25) is 9.59 Å². The predicted molar refractivity (Wildman–Crippen MR) is 104 cm³/mol. The van der Waals surface area contributed by atoms with Crippen LogP contribution in [0.2, 0.25) is 0 Å². The number of thioether (sulfide) groups is 1. The van der Waals surface area contributed by atoms with E-state index in [1.54, 1.807) is 12.0 Å². The third kappa shape index (κ3) is 6.01. The molecule has 25 heavy (non-hydrogen) atoms. The zero-order valence-corrected chi connectivity index (χ0v) is 15.9. The third-order valence-electron chi connectivity index (χ3n) is 3.92. The van der Waals surface area contributed by atoms with E-state index in [1.807, 2.05) is 30.3 Å². The second-order valence-corrected chi connectivity index (χ2v) is 7.74. The molecule has 1 heterocycles. The summed E-state index contributed by atoms with van der Waals surface area (Å²) >= 11 is 5.96. The highest BCUT2D eigenvalue weighted by Gasteiger charge is 2.33. The van der Waals surface area contributed by atoms with Crippen LogP contribution in [0.25, 0.3) is 6.08 Å². The number of methoxy groups -OCH3 is 1. The SMILES string of the molecule is COc1ccc(/C=C2\SC(S)N(CCCCCCC(=O)O)C2=O)cc1. The molecule has 1 unspecified atom stereocenters. The zero-order valence-electron chi connectivity index (χ0n) is 14.2. The van der Waals surface area contributed by atoms with Crippen LogP contribution in [-0.2, 0) is 9.59 Å². The molecule has 7 heteroatoms. The summed E-state index contributed by atoms with van der Waals surface area (Å²) in [5.74, 6) is 0.0327. The highest BCUT2D eigenvalue weighted by atomic mass is 32.2. The van der Waals surface area contributed by atoms with Gasteiger partial charge >= 0.3 is 5.97 Å². The summed E-state index contributed by atoms with van der Waals surface area (Å²) in [6, 6.07) is 7.56. The number of nitrogens with zero attached hydrogens (tertiary/aromatic N) is 1. The molecule has 0 aromatic heterocycles. The van der Waals surface area contributed by atoms with Gasteiger partial charge in [-0.1, -0.05) is 36.7 Å². The third-order valence-corrected chi connectivity index (χ3v) is 5.53. The predicted octanol–water partition coefficient (Wildman–Crippen LogP) is 3.86. The maximum atomic E-state index is 12.5. The second-order valence-electron chi connectivity index (χ2n) is 5.78. The number of hydrogen-bond donors (Lipinski definition) is 2. The molecule has 1 atom stereocenters. The van der Waals surface area contributed by atoms with E-state index in [1.165, 1.54) is 11.8 Å². The van der Waals surface area contributed by atoms with Gasteiger partial charge in [0.15, 0.2) is 0 Å². The van der Waals surface area contributed by atoms with E-state index in [2.05, 4.69) is 12.6 Å². The fourth-order valence-electron chi connectivity index (χ4n) is 2.54. The number of unbranched alkanes of at least 4 members (excludes halogenated alkanes) is 3. The topological polar surface area (TPSA) is 66.8 Å². The summed E-state index contributed by atoms with van der Waals surface area (Å²) < 4.78 is 4.96. The molecule has 1 amide bonds. The summed E-state index contributed by atoms with van der Waals surface area (Å²) in [7, 11) is 1.62. The first-order chi connectivity index (χ1) is 12.0. The fraction of sp³-hybridized carbons (Fsp3) is 0.444. The maximum Gasteiger partial charge on any atom is 0.303 e. The molecular weight excluding hydrogens is 358 g/mol. The molecule has 1 N–H and O–H groups in total. The Balaban J connectivity index is 1.85. The largest absolute Gasteiger partial charge is 0.497 e. The van der Waals surface area contributed by atoms with E-state index in [9.17, 15) is 9.59 Å². The number of carbonyl (C=O) groups excluding carboxylic acids is 1. The summed E-state index contributed by atoms with van der Waals surface area (Å²) in [4.78, 5) is 25.5. The quantitative estimate of drug-likeness (QED) is 0.386. The van der Waals surface area contributed by atoms with Crippen LogP contribution in [0.15, 0.2) is 29.2 Å². The van der Waals surface area contributed by atoms with E-state index in [0.29, 0.717) is 17.9 Å². The van der Waals surface area contributed by atoms with E-state index in [-0.39, 0.29) is 17.0 Å². The highest BCUT2D eigenvalue weighted by Crippen LogP contribution is 2.38. The first-order valence-corrected chi connectivity index (χ1v) is 9.64. The Labute approximate surface area is 157 Å². The lowest BCUT2D eigenvalue weighted by Crippen LogP contribution is -2.30. The van der Waals surface area contributed by atoms with Gasteiger partial charge in [0, 0.05) is 13.0 Å². The Morgan fingerprint density at radius 3 is 2.60 bits per heavy atom. The summed E-state index contributed by atoms with van der Waals surface area (Å²) in [5, 5.41) is 8.61. The average Bonchev–Trinajstić information content (AvgIpc) is 2.85. The van der Waals surface area contributed by atoms with Crippen molar-refractivity contribution in [2.75, 3.05) is 13.7 Å². The van der Waals surface area contributed by atoms with Crippen LogP contribution >= 0.6 is 24.4 Å². The molecule has 1 aliphatic rings. The van der Waals surface area contributed by atoms with Gasteiger partial charge in [0.2, 0.25) is 0 Å². The second kappa shape index (κ2) is 9.77. The van der Waals surface area contributed by atoms with E-state index < -0.39 is 5.97 Å². The minimum Gasteiger partial charge on any atom is -0.497 e. The van der Waals surface area contributed by atoms with Crippen molar-refractivity contribution < 1.29 is 19.4 Å². The number of carbonyl (C=O) groups is 2. The molecule has 0 aliphatic carbocycles. The van der Waals surface area contributed by atoms with Crippen LogP contribution < -0.4 is 4.74 Å². The molecule has 1 aliphatic heterocycles. The fourth-order valence-corrected chi connectivity index (χ4v) is 4.08. The van der Waals surface area contributed by atoms with Gasteiger partial charge in [-0.2, -0.15) is 0 Å². The number of amides is 1. The first-order valence-electron chi connectivity index (χ1n) is 8.24. The van der Waals surface area contributed by atoms with Gasteiger partial charge in [-0.25, -0.2) is 0 Å². The molecule has 0 radical (unpaired) electrons. The van der Waals surface area contributed by atoms with Gasteiger partial charge < -0.3 is 14.7 Å². The molecule has 0 spiro atoms. The van der Waals surface area contributed by atoms with Gasteiger partial charge in [0.1, 0.15) is 10.5 Å². The monoisotopic (exact) mass is 381 g/mol. The van der Waals surface area contributed by atoms with E-state index in [4.69, 9.17) is 9.84 Å². The average molecular weight is 382 g/mol. The zero-order chi connectivity index (χ0) is 18.2. The van der Waals surface area contributed by atoms with Crippen molar-refractivity contribution in [3.05, 3.63) is 34.7 Å². The van der Waals surface area contributed by atoms with Gasteiger partial charge in [0.05, 0.1) is 12.0 Å². The van der Waals surface area contributed by atoms with E-state index in [0.717, 1.165) is 30.6 Å². The van der Waals surface area contributed by atoms with Gasteiger partial charge in [-0.15, -0.1) is 12.6 Å². The smallest absolute Gasteiger partial charge is 0.303 e. The Morgan fingerprint density at radius 2 is 1.96 bits per heavy atom. The number of rotatable bonds is 9. The minimum absolute atomic E-state index is 0.00588. The molecule has 1 aromatic rings. The summed E-state index contributed by atoms with van der Waals surface area (Å²) in [6.45, 7) is 0.646. The lowest BCUT2D eigenvalue weighted by Gasteiger charge is -2.18. The molecular formula is C18H23NO4S2. The van der Waals surface area contributed by atoms with E-state index >= 15 is 0 Å². The molecule has 1 fully saturated rings.